The number of rotatable bonds is 15. The highest BCUT2D eigenvalue weighted by atomic mass is 19.4. The van der Waals surface area contributed by atoms with E-state index in [-0.39, 0.29) is 0 Å². The maximum absolute atomic E-state index is 13.7. The minimum absolute atomic E-state index is 3.84. The quantitative estimate of drug-likeness (QED) is 0.167. The van der Waals surface area contributed by atoms with E-state index in [1.165, 1.54) is 0 Å². The zero-order valence-corrected chi connectivity index (χ0v) is 19.9. The summed E-state index contributed by atoms with van der Waals surface area (Å²) in [6, 6.07) is 0. The smallest absolute Gasteiger partial charge is 0.385 e. The fourth-order valence-electron chi connectivity index (χ4n) is 2.63. The van der Waals surface area contributed by atoms with Gasteiger partial charge in [-0.25, -0.2) is 0 Å². The lowest BCUT2D eigenvalue weighted by molar-refractivity contribution is -0.485. The molecule has 0 saturated carbocycles. The van der Waals surface area contributed by atoms with Gasteiger partial charge in [0.05, 0.1) is 0 Å². The SMILES string of the molecule is OCC(F)(F)C(F)(F)C(F)(F)C(F)(F)C(F)(F)C(F)(F)C(F)(F)C(F)(F)C(F)(F)C(F)(F)C(F)(F)C(F)(F)C(F)(F)C(F)(F)CO. The first-order valence-corrected chi connectivity index (χ1v) is 9.88. The Morgan fingerprint density at radius 2 is 0.283 bits per heavy atom. The number of hydrogen-bond donors (Lipinski definition) is 2. The van der Waals surface area contributed by atoms with E-state index >= 15 is 0 Å². The Bertz CT molecular complexity index is 1020. The third-order valence-electron chi connectivity index (χ3n) is 5.65. The van der Waals surface area contributed by atoms with Gasteiger partial charge < -0.3 is 10.2 Å². The molecular formula is C16H6F28O2. The van der Waals surface area contributed by atoms with Gasteiger partial charge in [-0.1, -0.05) is 0 Å². The molecule has 0 rings (SSSR count). The Labute approximate surface area is 230 Å². The van der Waals surface area contributed by atoms with Crippen molar-refractivity contribution >= 4 is 0 Å². The average molecular weight is 762 g/mol. The summed E-state index contributed by atoms with van der Waals surface area (Å²) in [5, 5.41) is 15.6. The molecule has 0 aromatic rings. The Morgan fingerprint density at radius 3 is 0.370 bits per heavy atom. The summed E-state index contributed by atoms with van der Waals surface area (Å²) < 4.78 is 375. The van der Waals surface area contributed by atoms with E-state index in [4.69, 9.17) is 10.2 Å². The lowest BCUT2D eigenvalue weighted by Gasteiger charge is -2.46. The molecule has 2 N–H and O–H groups in total. The van der Waals surface area contributed by atoms with Crippen LogP contribution in [0.3, 0.4) is 0 Å². The van der Waals surface area contributed by atoms with Crippen LogP contribution in [-0.4, -0.2) is 106 Å². The van der Waals surface area contributed by atoms with Crippen molar-refractivity contribution in [1.29, 1.82) is 0 Å². The first kappa shape index (κ1) is 44.0. The van der Waals surface area contributed by atoms with Gasteiger partial charge in [-0.05, 0) is 0 Å². The summed E-state index contributed by atoms with van der Waals surface area (Å²) in [7, 11) is 0. The summed E-state index contributed by atoms with van der Waals surface area (Å²) in [6.07, 6.45) is 0. The Morgan fingerprint density at radius 1 is 0.196 bits per heavy atom. The van der Waals surface area contributed by atoms with E-state index in [0.29, 0.717) is 0 Å². The molecule has 0 aliphatic heterocycles. The molecule has 46 heavy (non-hydrogen) atoms. The highest BCUT2D eigenvalue weighted by molar-refractivity contribution is 5.21. The van der Waals surface area contributed by atoms with E-state index in [1.807, 2.05) is 0 Å². The summed E-state index contributed by atoms with van der Waals surface area (Å²) in [6.45, 7) is -7.68. The van der Waals surface area contributed by atoms with Crippen LogP contribution in [0.25, 0.3) is 0 Å². The van der Waals surface area contributed by atoms with Gasteiger partial charge >= 0.3 is 82.9 Å². The fraction of sp³-hybridized carbons (Fsp3) is 1.00. The molecule has 0 aliphatic rings. The Hall–Kier alpha value is -2.04. The standard InChI is InChI=1S/C16H6F28O2/c17-3(18,1-45)5(21,22)7(25,26)9(29,30)11(33,34)13(37,38)15(41,42)16(43,44)14(39,40)12(35,36)10(31,32)8(27,28)6(23,24)4(19,20)2-46/h45-46H,1-2H2. The molecule has 278 valence electrons. The van der Waals surface area contributed by atoms with Gasteiger partial charge in [-0.2, -0.15) is 123 Å². The van der Waals surface area contributed by atoms with Gasteiger partial charge in [-0.3, -0.25) is 0 Å². The molecule has 0 radical (unpaired) electrons. The van der Waals surface area contributed by atoms with E-state index in [1.54, 1.807) is 0 Å². The van der Waals surface area contributed by atoms with Crippen molar-refractivity contribution in [2.75, 3.05) is 13.2 Å². The van der Waals surface area contributed by atoms with Crippen molar-refractivity contribution < 1.29 is 133 Å². The van der Waals surface area contributed by atoms with Gasteiger partial charge in [-0.15, -0.1) is 0 Å². The zero-order valence-electron chi connectivity index (χ0n) is 19.9. The minimum Gasteiger partial charge on any atom is -0.390 e. The summed E-state index contributed by atoms with van der Waals surface area (Å²) >= 11 is 0. The third kappa shape index (κ3) is 4.81. The van der Waals surface area contributed by atoms with Crippen LogP contribution in [0.1, 0.15) is 0 Å². The number of halogens is 28. The van der Waals surface area contributed by atoms with Gasteiger partial charge in [0.1, 0.15) is 13.2 Å². The minimum atomic E-state index is -9.90. The average Bonchev–Trinajstić information content (AvgIpc) is 2.86. The zero-order chi connectivity index (χ0) is 38.4. The number of hydrogen-bond acceptors (Lipinski definition) is 2. The summed E-state index contributed by atoms with van der Waals surface area (Å²) in [5.74, 6) is -127. The molecule has 0 fully saturated rings. The first-order chi connectivity index (χ1) is 19.4. The molecule has 0 heterocycles. The normalized spacial score (nSPS) is 17.1. The van der Waals surface area contributed by atoms with E-state index < -0.39 is 96.1 Å². The van der Waals surface area contributed by atoms with E-state index in [9.17, 15) is 123 Å². The molecular weight excluding hydrogens is 756 g/mol. The maximum atomic E-state index is 13.7. The van der Waals surface area contributed by atoms with Crippen LogP contribution in [0, 0.1) is 0 Å². The molecule has 2 nitrogen and oxygen atoms in total. The van der Waals surface area contributed by atoms with Crippen molar-refractivity contribution in [1.82, 2.24) is 0 Å². The molecule has 0 aliphatic carbocycles. The molecule has 0 unspecified atom stereocenters. The lowest BCUT2D eigenvalue weighted by Crippen LogP contribution is -2.79. The number of alkyl halides is 28. The number of aliphatic hydroxyl groups is 2. The van der Waals surface area contributed by atoms with Gasteiger partial charge in [0.2, 0.25) is 0 Å². The number of aliphatic hydroxyl groups excluding tert-OH is 2. The highest BCUT2D eigenvalue weighted by Gasteiger charge is 3.00. The summed E-state index contributed by atoms with van der Waals surface area (Å²) in [4.78, 5) is 0. The molecule has 0 saturated heterocycles. The van der Waals surface area contributed by atoms with Gasteiger partial charge in [0.15, 0.2) is 0 Å². The van der Waals surface area contributed by atoms with Crippen molar-refractivity contribution in [3.8, 4) is 0 Å². The monoisotopic (exact) mass is 762 g/mol. The van der Waals surface area contributed by atoms with Crippen LogP contribution < -0.4 is 0 Å². The topological polar surface area (TPSA) is 40.5 Å². The third-order valence-corrected chi connectivity index (χ3v) is 5.65. The second kappa shape index (κ2) is 10.7. The first-order valence-electron chi connectivity index (χ1n) is 9.88. The summed E-state index contributed by atoms with van der Waals surface area (Å²) in [5.41, 5.74) is 0. The molecule has 0 aromatic carbocycles. The van der Waals surface area contributed by atoms with Crippen molar-refractivity contribution in [2.24, 2.45) is 0 Å². The van der Waals surface area contributed by atoms with Crippen molar-refractivity contribution in [3.05, 3.63) is 0 Å². The fourth-order valence-corrected chi connectivity index (χ4v) is 2.63. The largest absolute Gasteiger partial charge is 0.390 e. The van der Waals surface area contributed by atoms with E-state index in [0.717, 1.165) is 0 Å². The van der Waals surface area contributed by atoms with E-state index in [2.05, 4.69) is 0 Å². The molecule has 30 heteroatoms. The van der Waals surface area contributed by atoms with Gasteiger partial charge in [0.25, 0.3) is 0 Å². The Kier molecular flexibility index (Phi) is 10.3. The van der Waals surface area contributed by atoms with Crippen LogP contribution in [0.5, 0.6) is 0 Å². The predicted octanol–water partition coefficient (Wildman–Crippen LogP) is 7.87. The lowest BCUT2D eigenvalue weighted by atomic mass is 9.83. The molecule has 0 bridgehead atoms. The highest BCUT2D eigenvalue weighted by Crippen LogP contribution is 2.68. The van der Waals surface area contributed by atoms with Crippen LogP contribution in [0.2, 0.25) is 0 Å². The molecule has 0 spiro atoms. The molecule has 0 aromatic heterocycles. The second-order valence-electron chi connectivity index (χ2n) is 8.62. The van der Waals surface area contributed by atoms with Crippen LogP contribution in [0.15, 0.2) is 0 Å². The second-order valence-corrected chi connectivity index (χ2v) is 8.62. The predicted molar refractivity (Wildman–Crippen MR) is 83.4 cm³/mol. The maximum Gasteiger partial charge on any atom is 0.385 e. The molecule has 0 atom stereocenters. The van der Waals surface area contributed by atoms with Gasteiger partial charge in [0, 0.05) is 0 Å². The van der Waals surface area contributed by atoms with Crippen LogP contribution >= 0.6 is 0 Å². The van der Waals surface area contributed by atoms with Crippen LogP contribution in [0.4, 0.5) is 123 Å². The Balaban J connectivity index is 7.55. The molecule has 0 amide bonds. The van der Waals surface area contributed by atoms with Crippen molar-refractivity contribution in [2.45, 2.75) is 82.9 Å². The van der Waals surface area contributed by atoms with Crippen LogP contribution in [-0.2, 0) is 0 Å². The van der Waals surface area contributed by atoms with Crippen molar-refractivity contribution in [3.63, 3.8) is 0 Å².